The van der Waals surface area contributed by atoms with Crippen molar-refractivity contribution in [2.24, 2.45) is 7.05 Å². The van der Waals surface area contributed by atoms with Gasteiger partial charge in [-0.25, -0.2) is 0 Å². The number of fused-ring (bicyclic) bond motifs is 1. The van der Waals surface area contributed by atoms with E-state index in [2.05, 4.69) is 5.10 Å². The molecule has 0 spiro atoms. The number of carbonyl (C=O) groups is 1. The van der Waals surface area contributed by atoms with Crippen molar-refractivity contribution >= 4 is 16.7 Å². The van der Waals surface area contributed by atoms with Gasteiger partial charge in [-0.2, -0.15) is 5.10 Å². The fraction of sp³-hybridized carbons (Fsp3) is 0.222. The van der Waals surface area contributed by atoms with E-state index in [1.54, 1.807) is 0 Å². The molecule has 0 bridgehead atoms. The molecule has 0 saturated heterocycles. The van der Waals surface area contributed by atoms with Crippen molar-refractivity contribution in [3.63, 3.8) is 0 Å². The first-order chi connectivity index (χ1) is 10.2. The Labute approximate surface area is 124 Å². The maximum Gasteiger partial charge on any atom is 0.146 e. The van der Waals surface area contributed by atoms with Crippen molar-refractivity contribution in [2.45, 2.75) is 19.3 Å². The minimum atomic E-state index is -0.105. The van der Waals surface area contributed by atoms with Crippen molar-refractivity contribution in [2.75, 3.05) is 0 Å². The number of aromatic nitrogens is 2. The van der Waals surface area contributed by atoms with Crippen molar-refractivity contribution in [3.8, 4) is 0 Å². The molecule has 21 heavy (non-hydrogen) atoms. The molecule has 1 unspecified atom stereocenters. The van der Waals surface area contributed by atoms with Gasteiger partial charge in [-0.1, -0.05) is 55.5 Å². The minimum absolute atomic E-state index is 0.105. The molecule has 0 aliphatic carbocycles. The van der Waals surface area contributed by atoms with Crippen LogP contribution in [0.1, 0.15) is 24.1 Å². The second kappa shape index (κ2) is 5.52. The van der Waals surface area contributed by atoms with Crippen LogP contribution in [0, 0.1) is 0 Å². The molecule has 1 atom stereocenters. The molecule has 106 valence electrons. The lowest BCUT2D eigenvalue weighted by Gasteiger charge is -2.09. The first kappa shape index (κ1) is 13.6. The van der Waals surface area contributed by atoms with E-state index in [9.17, 15) is 4.79 Å². The van der Waals surface area contributed by atoms with Crippen molar-refractivity contribution in [3.05, 3.63) is 65.9 Å². The van der Waals surface area contributed by atoms with Crippen LogP contribution in [0.2, 0.25) is 0 Å². The maximum atomic E-state index is 12.5. The summed E-state index contributed by atoms with van der Waals surface area (Å²) in [6.07, 6.45) is 0.372. The predicted octanol–water partition coefficient (Wildman–Crippen LogP) is 3.49. The van der Waals surface area contributed by atoms with Crippen molar-refractivity contribution in [1.29, 1.82) is 0 Å². The molecule has 3 nitrogen and oxygen atoms in total. The highest BCUT2D eigenvalue weighted by Gasteiger charge is 2.18. The number of aryl methyl sites for hydroxylation is 1. The zero-order valence-corrected chi connectivity index (χ0v) is 12.3. The van der Waals surface area contributed by atoms with E-state index in [4.69, 9.17) is 0 Å². The fourth-order valence-electron chi connectivity index (χ4n) is 2.66. The van der Waals surface area contributed by atoms with Crippen LogP contribution in [-0.4, -0.2) is 15.6 Å². The van der Waals surface area contributed by atoms with E-state index in [0.29, 0.717) is 6.42 Å². The minimum Gasteiger partial charge on any atom is -0.299 e. The van der Waals surface area contributed by atoms with Crippen LogP contribution in [0.15, 0.2) is 54.6 Å². The smallest absolute Gasteiger partial charge is 0.146 e. The first-order valence-corrected chi connectivity index (χ1v) is 7.15. The second-order valence-corrected chi connectivity index (χ2v) is 5.36. The summed E-state index contributed by atoms with van der Waals surface area (Å²) in [6.45, 7) is 1.96. The number of ketones is 1. The summed E-state index contributed by atoms with van der Waals surface area (Å²) in [5, 5.41) is 5.57. The Bertz CT molecular complexity index is 774. The van der Waals surface area contributed by atoms with Crippen molar-refractivity contribution in [1.82, 2.24) is 9.78 Å². The molecule has 3 aromatic rings. The highest BCUT2D eigenvalue weighted by molar-refractivity contribution is 5.91. The Morgan fingerprint density at radius 3 is 2.52 bits per heavy atom. The zero-order chi connectivity index (χ0) is 14.8. The van der Waals surface area contributed by atoms with Gasteiger partial charge in [-0.3, -0.25) is 9.48 Å². The van der Waals surface area contributed by atoms with Gasteiger partial charge in [0.05, 0.1) is 17.6 Å². The molecule has 1 heterocycles. The Kier molecular flexibility index (Phi) is 3.57. The molecule has 0 aliphatic rings. The summed E-state index contributed by atoms with van der Waals surface area (Å²) < 4.78 is 1.84. The molecule has 0 aliphatic heterocycles. The molecule has 1 aromatic heterocycles. The van der Waals surface area contributed by atoms with Crippen LogP contribution in [-0.2, 0) is 18.3 Å². The normalized spacial score (nSPS) is 12.5. The van der Waals surface area contributed by atoms with Crippen LogP contribution < -0.4 is 0 Å². The average Bonchev–Trinajstić information content (AvgIpc) is 2.84. The summed E-state index contributed by atoms with van der Waals surface area (Å²) in [6, 6.07) is 17.9. The molecule has 3 rings (SSSR count). The zero-order valence-electron chi connectivity index (χ0n) is 12.3. The van der Waals surface area contributed by atoms with Crippen LogP contribution in [0.3, 0.4) is 0 Å². The lowest BCUT2D eigenvalue weighted by molar-refractivity contribution is -0.119. The number of benzene rings is 2. The number of carbonyl (C=O) groups excluding carboxylic acids is 1. The number of rotatable bonds is 4. The Hall–Kier alpha value is -2.42. The quantitative estimate of drug-likeness (QED) is 0.732. The summed E-state index contributed by atoms with van der Waals surface area (Å²) >= 11 is 0. The van der Waals surface area contributed by atoms with Crippen molar-refractivity contribution < 1.29 is 4.79 Å². The van der Waals surface area contributed by atoms with Crippen LogP contribution in [0.5, 0.6) is 0 Å². The predicted molar refractivity (Wildman–Crippen MR) is 84.3 cm³/mol. The molecule has 0 fully saturated rings. The van der Waals surface area contributed by atoms with Gasteiger partial charge in [0.1, 0.15) is 5.78 Å². The van der Waals surface area contributed by atoms with Gasteiger partial charge in [0, 0.05) is 18.4 Å². The molecule has 0 N–H and O–H groups in total. The summed E-state index contributed by atoms with van der Waals surface area (Å²) in [5.41, 5.74) is 2.98. The topological polar surface area (TPSA) is 34.9 Å². The molecule has 0 amide bonds. The number of hydrogen-bond acceptors (Lipinski definition) is 2. The van der Waals surface area contributed by atoms with Gasteiger partial charge < -0.3 is 0 Å². The molecule has 3 heteroatoms. The van der Waals surface area contributed by atoms with Gasteiger partial charge >= 0.3 is 0 Å². The van der Waals surface area contributed by atoms with E-state index in [1.165, 1.54) is 0 Å². The molecule has 0 saturated carbocycles. The molecule has 2 aromatic carbocycles. The third kappa shape index (κ3) is 2.59. The standard InChI is InChI=1S/C18H18N2O/c1-13(14-8-4-3-5-9-14)18(21)12-16-15-10-6-7-11-17(15)20(2)19-16/h3-11,13H,12H2,1-2H3. The van der Waals surface area contributed by atoms with Gasteiger partial charge in [0.2, 0.25) is 0 Å². The van der Waals surface area contributed by atoms with E-state index in [-0.39, 0.29) is 11.7 Å². The summed E-state index contributed by atoms with van der Waals surface area (Å²) in [4.78, 5) is 12.5. The number of hydrogen-bond donors (Lipinski definition) is 0. The Morgan fingerprint density at radius 2 is 1.76 bits per heavy atom. The highest BCUT2D eigenvalue weighted by Crippen LogP contribution is 2.22. The van der Waals surface area contributed by atoms with Gasteiger partial charge in [-0.15, -0.1) is 0 Å². The number of Topliss-reactive ketones (excluding diaryl/α,β-unsaturated/α-hetero) is 1. The maximum absolute atomic E-state index is 12.5. The number of para-hydroxylation sites is 1. The molecular formula is C18H18N2O. The van der Waals surface area contributed by atoms with Gasteiger partial charge in [0.15, 0.2) is 0 Å². The monoisotopic (exact) mass is 278 g/mol. The lowest BCUT2D eigenvalue weighted by Crippen LogP contribution is -2.12. The first-order valence-electron chi connectivity index (χ1n) is 7.15. The second-order valence-electron chi connectivity index (χ2n) is 5.36. The Morgan fingerprint density at radius 1 is 1.10 bits per heavy atom. The number of nitrogens with zero attached hydrogens (tertiary/aromatic N) is 2. The largest absolute Gasteiger partial charge is 0.299 e. The molecular weight excluding hydrogens is 260 g/mol. The summed E-state index contributed by atoms with van der Waals surface area (Å²) in [5.74, 6) is 0.0945. The van der Waals surface area contributed by atoms with Crippen LogP contribution in [0.25, 0.3) is 10.9 Å². The summed E-state index contributed by atoms with van der Waals surface area (Å²) in [7, 11) is 1.91. The van der Waals surface area contributed by atoms with E-state index >= 15 is 0 Å². The van der Waals surface area contributed by atoms with E-state index in [1.807, 2.05) is 73.3 Å². The highest BCUT2D eigenvalue weighted by atomic mass is 16.1. The lowest BCUT2D eigenvalue weighted by atomic mass is 9.93. The van der Waals surface area contributed by atoms with Gasteiger partial charge in [0.25, 0.3) is 0 Å². The van der Waals surface area contributed by atoms with E-state index in [0.717, 1.165) is 22.2 Å². The third-order valence-electron chi connectivity index (χ3n) is 3.96. The SMILES string of the molecule is CC(C(=O)Cc1nn(C)c2ccccc12)c1ccccc1. The van der Waals surface area contributed by atoms with Crippen LogP contribution >= 0.6 is 0 Å². The molecule has 0 radical (unpaired) electrons. The average molecular weight is 278 g/mol. The fourth-order valence-corrected chi connectivity index (χ4v) is 2.66. The van der Waals surface area contributed by atoms with Gasteiger partial charge in [-0.05, 0) is 11.6 Å². The van der Waals surface area contributed by atoms with E-state index < -0.39 is 0 Å². The third-order valence-corrected chi connectivity index (χ3v) is 3.96. The Balaban J connectivity index is 1.87. The van der Waals surface area contributed by atoms with Crippen LogP contribution in [0.4, 0.5) is 0 Å².